The number of carbonyl (C=O) groups excluding carboxylic acids is 1. The van der Waals surface area contributed by atoms with E-state index in [4.69, 9.17) is 0 Å². The van der Waals surface area contributed by atoms with Crippen molar-refractivity contribution in [1.29, 1.82) is 0 Å². The molecule has 132 valence electrons. The van der Waals surface area contributed by atoms with E-state index in [9.17, 15) is 4.79 Å². The second-order valence-corrected chi connectivity index (χ2v) is 6.09. The van der Waals surface area contributed by atoms with Gasteiger partial charge in [0, 0.05) is 18.8 Å². The highest BCUT2D eigenvalue weighted by atomic mass is 16.2. The molecule has 0 saturated carbocycles. The number of nitrogens with zero attached hydrogens (tertiary/aromatic N) is 5. The molecule has 1 aromatic carbocycles. The van der Waals surface area contributed by atoms with Gasteiger partial charge in [-0.1, -0.05) is 36.3 Å². The van der Waals surface area contributed by atoms with Gasteiger partial charge in [-0.2, -0.15) is 4.68 Å². The molecule has 0 bridgehead atoms. The van der Waals surface area contributed by atoms with Crippen molar-refractivity contribution >= 4 is 11.9 Å². The molecule has 25 heavy (non-hydrogen) atoms. The zero-order valence-electron chi connectivity index (χ0n) is 15.2. The van der Waals surface area contributed by atoms with Gasteiger partial charge in [-0.3, -0.25) is 4.79 Å². The zero-order chi connectivity index (χ0) is 18.0. The lowest BCUT2D eigenvalue weighted by molar-refractivity contribution is -0.127. The topological polar surface area (TPSA) is 75.9 Å². The maximum atomic E-state index is 13.2. The summed E-state index contributed by atoms with van der Waals surface area (Å²) in [6, 6.07) is 7.98. The number of anilines is 1. The summed E-state index contributed by atoms with van der Waals surface area (Å²) in [5.41, 5.74) is 3.74. The number of benzene rings is 1. The molecular weight excluding hydrogens is 316 g/mol. The van der Waals surface area contributed by atoms with Crippen LogP contribution >= 0.6 is 0 Å². The van der Waals surface area contributed by atoms with Crippen molar-refractivity contribution in [2.75, 3.05) is 18.4 Å². The predicted octanol–water partition coefficient (Wildman–Crippen LogP) is 2.39. The number of likely N-dealkylation sites (N-methyl/N-ethyl adjacent to an activating group) is 1. The molecule has 0 spiro atoms. The Hall–Kier alpha value is -2.70. The van der Waals surface area contributed by atoms with Crippen molar-refractivity contribution in [3.63, 3.8) is 0 Å². The lowest BCUT2D eigenvalue weighted by Gasteiger charge is -2.31. The van der Waals surface area contributed by atoms with E-state index in [-0.39, 0.29) is 11.9 Å². The molecule has 0 aliphatic carbocycles. The first-order chi connectivity index (χ1) is 12.1. The molecule has 0 saturated heterocycles. The maximum Gasteiger partial charge on any atom is 0.254 e. The van der Waals surface area contributed by atoms with Crippen LogP contribution in [0.1, 0.15) is 44.9 Å². The summed E-state index contributed by atoms with van der Waals surface area (Å²) in [4.78, 5) is 15.0. The SMILES string of the molecule is CCc1ccc(C2C(C(=O)N(CC)CC)=C(C)Nc3nnnn32)cc1. The highest BCUT2D eigenvalue weighted by Crippen LogP contribution is 2.35. The Labute approximate surface area is 147 Å². The summed E-state index contributed by atoms with van der Waals surface area (Å²) >= 11 is 0. The van der Waals surface area contributed by atoms with Gasteiger partial charge in [0.1, 0.15) is 6.04 Å². The third-order valence-electron chi connectivity index (χ3n) is 4.70. The summed E-state index contributed by atoms with van der Waals surface area (Å²) < 4.78 is 1.69. The molecule has 1 atom stereocenters. The molecule has 7 nitrogen and oxygen atoms in total. The van der Waals surface area contributed by atoms with E-state index in [0.717, 1.165) is 17.7 Å². The van der Waals surface area contributed by atoms with Gasteiger partial charge in [0.2, 0.25) is 5.95 Å². The highest BCUT2D eigenvalue weighted by Gasteiger charge is 2.35. The number of tetrazole rings is 1. The van der Waals surface area contributed by atoms with Crippen LogP contribution in [0.3, 0.4) is 0 Å². The van der Waals surface area contributed by atoms with Crippen LogP contribution in [-0.4, -0.2) is 44.1 Å². The smallest absolute Gasteiger partial charge is 0.254 e. The van der Waals surface area contributed by atoms with Gasteiger partial charge < -0.3 is 10.2 Å². The summed E-state index contributed by atoms with van der Waals surface area (Å²) in [7, 11) is 0. The quantitative estimate of drug-likeness (QED) is 0.904. The molecule has 1 N–H and O–H groups in total. The normalized spacial score (nSPS) is 16.4. The van der Waals surface area contributed by atoms with E-state index in [1.165, 1.54) is 5.56 Å². The molecular formula is C18H24N6O. The molecule has 3 rings (SSSR count). The Kier molecular flexibility index (Phi) is 4.83. The van der Waals surface area contributed by atoms with Crippen molar-refractivity contribution in [3.8, 4) is 0 Å². The molecule has 0 fully saturated rings. The fourth-order valence-electron chi connectivity index (χ4n) is 3.21. The van der Waals surface area contributed by atoms with Crippen LogP contribution in [0, 0.1) is 0 Å². The molecule has 1 unspecified atom stereocenters. The summed E-state index contributed by atoms with van der Waals surface area (Å²) in [6.45, 7) is 9.33. The van der Waals surface area contributed by atoms with Crippen LogP contribution in [0.15, 0.2) is 35.5 Å². The van der Waals surface area contributed by atoms with Crippen LogP contribution in [0.25, 0.3) is 0 Å². The lowest BCUT2D eigenvalue weighted by Crippen LogP contribution is -2.38. The number of aromatic nitrogens is 4. The highest BCUT2D eigenvalue weighted by molar-refractivity contribution is 5.96. The summed E-state index contributed by atoms with van der Waals surface area (Å²) in [6.07, 6.45) is 0.975. The summed E-state index contributed by atoms with van der Waals surface area (Å²) in [5, 5.41) is 15.1. The Morgan fingerprint density at radius 1 is 1.20 bits per heavy atom. The molecule has 2 heterocycles. The van der Waals surface area contributed by atoms with Gasteiger partial charge in [-0.05, 0) is 48.7 Å². The monoisotopic (exact) mass is 340 g/mol. The molecule has 7 heteroatoms. The first-order valence-electron chi connectivity index (χ1n) is 8.74. The minimum atomic E-state index is -0.328. The van der Waals surface area contributed by atoms with E-state index < -0.39 is 0 Å². The predicted molar refractivity (Wildman–Crippen MR) is 96.0 cm³/mol. The number of amides is 1. The van der Waals surface area contributed by atoms with Crippen LogP contribution in [-0.2, 0) is 11.2 Å². The van der Waals surface area contributed by atoms with Crippen molar-refractivity contribution in [2.24, 2.45) is 0 Å². The van der Waals surface area contributed by atoms with Crippen LogP contribution in [0.4, 0.5) is 5.95 Å². The summed E-state index contributed by atoms with van der Waals surface area (Å²) in [5.74, 6) is 0.568. The maximum absolute atomic E-state index is 13.2. The lowest BCUT2D eigenvalue weighted by atomic mass is 9.93. The number of hydrogen-bond donors (Lipinski definition) is 1. The van der Waals surface area contributed by atoms with E-state index in [2.05, 4.69) is 52.0 Å². The van der Waals surface area contributed by atoms with E-state index >= 15 is 0 Å². The average molecular weight is 340 g/mol. The Balaban J connectivity index is 2.11. The Morgan fingerprint density at radius 2 is 1.88 bits per heavy atom. The number of allylic oxidation sites excluding steroid dienone is 1. The van der Waals surface area contributed by atoms with Crippen molar-refractivity contribution < 1.29 is 4.79 Å². The first kappa shape index (κ1) is 17.1. The van der Waals surface area contributed by atoms with Crippen molar-refractivity contribution in [3.05, 3.63) is 46.7 Å². The van der Waals surface area contributed by atoms with Gasteiger partial charge in [0.25, 0.3) is 5.91 Å². The second-order valence-electron chi connectivity index (χ2n) is 6.09. The van der Waals surface area contributed by atoms with E-state index in [1.807, 2.05) is 25.7 Å². The van der Waals surface area contributed by atoms with Gasteiger partial charge in [-0.15, -0.1) is 0 Å². The fourth-order valence-corrected chi connectivity index (χ4v) is 3.21. The minimum Gasteiger partial charge on any atom is -0.339 e. The number of nitrogens with one attached hydrogen (secondary N) is 1. The number of carbonyl (C=O) groups is 1. The molecule has 0 radical (unpaired) electrons. The Bertz CT molecular complexity index is 788. The number of aryl methyl sites for hydroxylation is 1. The van der Waals surface area contributed by atoms with Gasteiger partial charge >= 0.3 is 0 Å². The van der Waals surface area contributed by atoms with Crippen molar-refractivity contribution in [2.45, 2.75) is 40.2 Å². The fraction of sp³-hybridized carbons (Fsp3) is 0.444. The van der Waals surface area contributed by atoms with Gasteiger partial charge in [0.15, 0.2) is 0 Å². The molecule has 1 aliphatic heterocycles. The first-order valence-corrected chi connectivity index (χ1v) is 8.74. The van der Waals surface area contributed by atoms with E-state index in [1.54, 1.807) is 4.68 Å². The van der Waals surface area contributed by atoms with E-state index in [0.29, 0.717) is 24.6 Å². The van der Waals surface area contributed by atoms with Crippen LogP contribution in [0.2, 0.25) is 0 Å². The third kappa shape index (κ3) is 3.01. The van der Waals surface area contributed by atoms with Crippen LogP contribution < -0.4 is 5.32 Å². The minimum absolute atomic E-state index is 0.0146. The average Bonchev–Trinajstić information content (AvgIpc) is 3.09. The van der Waals surface area contributed by atoms with Crippen LogP contribution in [0.5, 0.6) is 0 Å². The number of hydrogen-bond acceptors (Lipinski definition) is 5. The second kappa shape index (κ2) is 7.04. The van der Waals surface area contributed by atoms with Gasteiger partial charge in [-0.25, -0.2) is 0 Å². The molecule has 1 aromatic heterocycles. The third-order valence-corrected chi connectivity index (χ3v) is 4.70. The van der Waals surface area contributed by atoms with Gasteiger partial charge in [0.05, 0.1) is 5.57 Å². The van der Waals surface area contributed by atoms with Crippen molar-refractivity contribution in [1.82, 2.24) is 25.1 Å². The molecule has 2 aromatic rings. The number of fused-ring (bicyclic) bond motifs is 1. The molecule has 1 amide bonds. The largest absolute Gasteiger partial charge is 0.339 e. The number of rotatable bonds is 5. The Morgan fingerprint density at radius 3 is 2.48 bits per heavy atom. The molecule has 1 aliphatic rings. The standard InChI is InChI=1S/C18H24N6O/c1-5-13-8-10-14(11-9-13)16-15(17(25)23(6-2)7-3)12(4)19-18-20-21-22-24(16)18/h8-11,16H,5-7H2,1-4H3,(H,19,20,22). The zero-order valence-corrected chi connectivity index (χ0v) is 15.2.